The maximum atomic E-state index is 8.26. The molecule has 0 amide bonds. The Kier molecular flexibility index (Phi) is 5.04. The molecule has 0 aromatic carbocycles. The van der Waals surface area contributed by atoms with E-state index in [0.717, 1.165) is 5.69 Å². The molecule has 0 saturated heterocycles. The van der Waals surface area contributed by atoms with E-state index in [2.05, 4.69) is 15.3 Å². The van der Waals surface area contributed by atoms with Gasteiger partial charge < -0.3 is 16.0 Å². The number of hydrogen-bond acceptors (Lipinski definition) is 4. The number of guanidine groups is 1. The Balaban J connectivity index is 2.40. The van der Waals surface area contributed by atoms with Gasteiger partial charge in [0.25, 0.3) is 0 Å². The Morgan fingerprint density at radius 2 is 2.47 bits per heavy atom. The second kappa shape index (κ2) is 6.55. The molecule has 1 heterocycles. The highest BCUT2D eigenvalue weighted by atomic mass is 35.5. The van der Waals surface area contributed by atoms with Crippen molar-refractivity contribution < 1.29 is 0 Å². The predicted octanol–water partition coefficient (Wildman–Crippen LogP) is 0.557. The number of nitriles is 1. The van der Waals surface area contributed by atoms with E-state index in [-0.39, 0.29) is 5.96 Å². The van der Waals surface area contributed by atoms with Crippen LogP contribution in [0.1, 0.15) is 0 Å². The molecule has 0 aliphatic rings. The first kappa shape index (κ1) is 13.1. The van der Waals surface area contributed by atoms with Crippen LogP contribution < -0.4 is 16.0 Å². The molecule has 1 aromatic heterocycles. The summed E-state index contributed by atoms with van der Waals surface area (Å²) in [5.41, 5.74) is 6.35. The van der Waals surface area contributed by atoms with Crippen molar-refractivity contribution in [2.45, 2.75) is 0 Å². The quantitative estimate of drug-likeness (QED) is 0.354. The minimum absolute atomic E-state index is 0.120. The van der Waals surface area contributed by atoms with Crippen LogP contribution in [-0.4, -0.2) is 31.1 Å². The highest BCUT2D eigenvalue weighted by Gasteiger charge is 2.01. The lowest BCUT2D eigenvalue weighted by Gasteiger charge is -2.18. The van der Waals surface area contributed by atoms with Crippen LogP contribution in [0.3, 0.4) is 0 Å². The van der Waals surface area contributed by atoms with E-state index in [9.17, 15) is 0 Å². The first-order valence-electron chi connectivity index (χ1n) is 4.92. The van der Waals surface area contributed by atoms with Gasteiger partial charge in [0.1, 0.15) is 5.15 Å². The summed E-state index contributed by atoms with van der Waals surface area (Å²) in [6, 6.07) is 3.61. The van der Waals surface area contributed by atoms with Gasteiger partial charge in [-0.3, -0.25) is 0 Å². The third-order valence-electron chi connectivity index (χ3n) is 2.08. The van der Waals surface area contributed by atoms with Crippen LogP contribution in [-0.2, 0) is 0 Å². The monoisotopic (exact) mass is 252 g/mol. The highest BCUT2D eigenvalue weighted by molar-refractivity contribution is 6.29. The van der Waals surface area contributed by atoms with Gasteiger partial charge in [0.05, 0.1) is 11.9 Å². The van der Waals surface area contributed by atoms with E-state index in [4.69, 9.17) is 22.6 Å². The number of hydrogen-bond donors (Lipinski definition) is 2. The highest BCUT2D eigenvalue weighted by Crippen LogP contribution is 2.12. The van der Waals surface area contributed by atoms with Crippen LogP contribution in [0.15, 0.2) is 23.3 Å². The maximum absolute atomic E-state index is 8.26. The van der Waals surface area contributed by atoms with Crippen LogP contribution in [0.25, 0.3) is 0 Å². The molecule has 1 aromatic rings. The summed E-state index contributed by atoms with van der Waals surface area (Å²) in [6.07, 6.45) is 3.30. The van der Waals surface area contributed by atoms with Gasteiger partial charge in [-0.25, -0.2) is 4.98 Å². The molecule has 0 aliphatic heterocycles. The van der Waals surface area contributed by atoms with E-state index in [1.807, 2.05) is 18.0 Å². The summed E-state index contributed by atoms with van der Waals surface area (Å²) in [5.74, 6) is 0.120. The van der Waals surface area contributed by atoms with Gasteiger partial charge in [-0.2, -0.15) is 5.26 Å². The standard InChI is InChI=1S/C10H13ClN6/c1-17(5-4-14-10(13)16-7-12)8-2-3-9(11)15-6-8/h2-3,6H,4-5H2,1H3,(H3,13,14,16). The van der Waals surface area contributed by atoms with E-state index >= 15 is 0 Å². The SMILES string of the molecule is CN(CCN/C(N)=N/C#N)c1ccc(Cl)nc1. The fraction of sp³-hybridized carbons (Fsp3) is 0.300. The minimum atomic E-state index is 0.120. The lowest BCUT2D eigenvalue weighted by Crippen LogP contribution is -2.37. The molecular weight excluding hydrogens is 240 g/mol. The van der Waals surface area contributed by atoms with Crippen molar-refractivity contribution in [3.8, 4) is 6.19 Å². The number of nitrogens with zero attached hydrogens (tertiary/aromatic N) is 4. The molecular formula is C10H13ClN6. The average molecular weight is 253 g/mol. The van der Waals surface area contributed by atoms with Crippen molar-refractivity contribution in [2.75, 3.05) is 25.0 Å². The van der Waals surface area contributed by atoms with Crippen molar-refractivity contribution in [1.29, 1.82) is 5.26 Å². The number of rotatable bonds is 4. The Bertz CT molecular complexity index is 421. The number of halogens is 1. The van der Waals surface area contributed by atoms with Gasteiger partial charge in [0.2, 0.25) is 12.2 Å². The molecule has 0 bridgehead atoms. The molecule has 0 unspecified atom stereocenters. The second-order valence-electron chi connectivity index (χ2n) is 3.28. The summed E-state index contributed by atoms with van der Waals surface area (Å²) in [7, 11) is 1.92. The van der Waals surface area contributed by atoms with Crippen molar-refractivity contribution in [3.05, 3.63) is 23.5 Å². The van der Waals surface area contributed by atoms with Crippen molar-refractivity contribution in [1.82, 2.24) is 10.3 Å². The van der Waals surface area contributed by atoms with Gasteiger partial charge in [0, 0.05) is 20.1 Å². The zero-order valence-electron chi connectivity index (χ0n) is 9.39. The lowest BCUT2D eigenvalue weighted by molar-refractivity contribution is 0.816. The fourth-order valence-corrected chi connectivity index (χ4v) is 1.28. The Hall–Kier alpha value is -2.00. The smallest absolute Gasteiger partial charge is 0.209 e. The number of aromatic nitrogens is 1. The van der Waals surface area contributed by atoms with Crippen LogP contribution in [0.5, 0.6) is 0 Å². The molecule has 0 aliphatic carbocycles. The number of anilines is 1. The number of nitrogens with two attached hydrogens (primary N) is 1. The zero-order chi connectivity index (χ0) is 12.7. The van der Waals surface area contributed by atoms with Gasteiger partial charge in [-0.1, -0.05) is 11.6 Å². The molecule has 0 saturated carbocycles. The molecule has 0 fully saturated rings. The molecule has 3 N–H and O–H groups in total. The first-order chi connectivity index (χ1) is 8.13. The van der Waals surface area contributed by atoms with Crippen molar-refractivity contribution >= 4 is 23.2 Å². The van der Waals surface area contributed by atoms with Crippen LogP contribution in [0, 0.1) is 11.5 Å². The maximum Gasteiger partial charge on any atom is 0.209 e. The number of pyridine rings is 1. The van der Waals surface area contributed by atoms with E-state index in [1.165, 1.54) is 0 Å². The largest absolute Gasteiger partial charge is 0.372 e. The van der Waals surface area contributed by atoms with Gasteiger partial charge >= 0.3 is 0 Å². The van der Waals surface area contributed by atoms with E-state index < -0.39 is 0 Å². The minimum Gasteiger partial charge on any atom is -0.372 e. The Morgan fingerprint density at radius 1 is 1.71 bits per heavy atom. The lowest BCUT2D eigenvalue weighted by atomic mass is 10.4. The summed E-state index contributed by atoms with van der Waals surface area (Å²) >= 11 is 5.69. The van der Waals surface area contributed by atoms with Crippen LogP contribution in [0.2, 0.25) is 5.15 Å². The van der Waals surface area contributed by atoms with Gasteiger partial charge in [0.15, 0.2) is 0 Å². The molecule has 0 spiro atoms. The second-order valence-corrected chi connectivity index (χ2v) is 3.67. The molecule has 17 heavy (non-hydrogen) atoms. The topological polar surface area (TPSA) is 90.3 Å². The van der Waals surface area contributed by atoms with Gasteiger partial charge in [-0.05, 0) is 12.1 Å². The van der Waals surface area contributed by atoms with Crippen molar-refractivity contribution in [3.63, 3.8) is 0 Å². The van der Waals surface area contributed by atoms with Crippen LogP contribution >= 0.6 is 11.6 Å². The van der Waals surface area contributed by atoms with Gasteiger partial charge in [-0.15, -0.1) is 4.99 Å². The molecule has 1 rings (SSSR count). The fourth-order valence-electron chi connectivity index (χ4n) is 1.17. The van der Waals surface area contributed by atoms with E-state index in [1.54, 1.807) is 18.5 Å². The number of likely N-dealkylation sites (N-methyl/N-ethyl adjacent to an activating group) is 1. The molecule has 0 atom stereocenters. The van der Waals surface area contributed by atoms with Crippen LogP contribution in [0.4, 0.5) is 5.69 Å². The summed E-state index contributed by atoms with van der Waals surface area (Å²) in [4.78, 5) is 9.31. The van der Waals surface area contributed by atoms with Crippen molar-refractivity contribution in [2.24, 2.45) is 10.7 Å². The molecule has 0 radical (unpaired) electrons. The summed E-state index contributed by atoms with van der Waals surface area (Å²) in [6.45, 7) is 1.28. The summed E-state index contributed by atoms with van der Waals surface area (Å²) < 4.78 is 0. The Morgan fingerprint density at radius 3 is 3.06 bits per heavy atom. The molecule has 7 heteroatoms. The third kappa shape index (κ3) is 4.57. The number of aliphatic imine (C=N–C) groups is 1. The first-order valence-corrected chi connectivity index (χ1v) is 5.30. The molecule has 6 nitrogen and oxygen atoms in total. The third-order valence-corrected chi connectivity index (χ3v) is 2.30. The normalized spacial score (nSPS) is 10.8. The average Bonchev–Trinajstić information content (AvgIpc) is 2.30. The number of nitrogens with one attached hydrogen (secondary N) is 1. The predicted molar refractivity (Wildman–Crippen MR) is 67.8 cm³/mol. The molecule has 90 valence electrons. The van der Waals surface area contributed by atoms with E-state index in [0.29, 0.717) is 18.2 Å². The summed E-state index contributed by atoms with van der Waals surface area (Å²) in [5, 5.41) is 11.5. The Labute approximate surface area is 105 Å². The zero-order valence-corrected chi connectivity index (χ0v) is 10.1.